The third-order valence-corrected chi connectivity index (χ3v) is 3.81. The van der Waals surface area contributed by atoms with Gasteiger partial charge >= 0.3 is 5.97 Å². The number of allylic oxidation sites excluding steroid dienone is 1. The molecule has 0 unspecified atom stereocenters. The number of H-pyrrole nitrogens is 1. The minimum Gasteiger partial charge on any atom is -0.466 e. The van der Waals surface area contributed by atoms with Gasteiger partial charge in [-0.05, 0) is 37.1 Å². The maximum atomic E-state index is 12.6. The van der Waals surface area contributed by atoms with E-state index in [0.717, 1.165) is 0 Å². The molecule has 0 saturated heterocycles. The molecule has 0 saturated carbocycles. The molecule has 2 amide bonds. The lowest BCUT2D eigenvalue weighted by atomic mass is 10.1. The molecule has 0 aliphatic carbocycles. The number of ether oxygens (including phenoxy) is 1. The number of carbonyl (C=O) groups excluding carboxylic acids is 3. The number of carbonyl (C=O) groups is 3. The van der Waals surface area contributed by atoms with Crippen LogP contribution in [0.15, 0.2) is 65.6 Å². The van der Waals surface area contributed by atoms with Crippen LogP contribution in [0, 0.1) is 0 Å². The second-order valence-electron chi connectivity index (χ2n) is 5.80. The van der Waals surface area contributed by atoms with Crippen LogP contribution in [-0.2, 0) is 14.3 Å². The molecule has 1 aromatic heterocycles. The fraction of sp³-hybridized carbons (Fsp3) is 0.200. The number of aromatic nitrogens is 1. The van der Waals surface area contributed by atoms with Gasteiger partial charge in [0.25, 0.3) is 11.5 Å². The largest absolute Gasteiger partial charge is 0.466 e. The third kappa shape index (κ3) is 6.24. The number of nitrogens with one attached hydrogen (secondary N) is 3. The summed E-state index contributed by atoms with van der Waals surface area (Å²) < 4.78 is 4.51. The van der Waals surface area contributed by atoms with Crippen LogP contribution in [0.3, 0.4) is 0 Å². The van der Waals surface area contributed by atoms with E-state index in [-0.39, 0.29) is 12.1 Å². The van der Waals surface area contributed by atoms with Crippen LogP contribution in [0.1, 0.15) is 23.2 Å². The molecule has 0 spiro atoms. The van der Waals surface area contributed by atoms with Gasteiger partial charge in [-0.25, -0.2) is 4.79 Å². The molecule has 2 rings (SSSR count). The average Bonchev–Trinajstić information content (AvgIpc) is 2.72. The molecule has 28 heavy (non-hydrogen) atoms. The number of hydrogen-bond acceptors (Lipinski definition) is 5. The highest BCUT2D eigenvalue weighted by Crippen LogP contribution is 2.06. The SMILES string of the molecule is COC(=O)/C=C/CC[C@H](NC(=O)c1ccccc1)C(=O)Nc1ccc[nH]c1=O. The zero-order valence-corrected chi connectivity index (χ0v) is 15.3. The van der Waals surface area contributed by atoms with E-state index in [2.05, 4.69) is 20.4 Å². The molecule has 2 aromatic rings. The number of esters is 1. The normalized spacial score (nSPS) is 11.6. The van der Waals surface area contributed by atoms with Crippen molar-refractivity contribution in [3.63, 3.8) is 0 Å². The third-order valence-electron chi connectivity index (χ3n) is 3.81. The molecular formula is C20H21N3O5. The van der Waals surface area contributed by atoms with Crippen molar-refractivity contribution >= 4 is 23.5 Å². The minimum atomic E-state index is -0.908. The highest BCUT2D eigenvalue weighted by atomic mass is 16.5. The fourth-order valence-corrected chi connectivity index (χ4v) is 2.35. The predicted octanol–water partition coefficient (Wildman–Crippen LogP) is 1.62. The molecule has 1 atom stereocenters. The Labute approximate surface area is 161 Å². The summed E-state index contributed by atoms with van der Waals surface area (Å²) in [5.41, 5.74) is 0.0362. The number of methoxy groups -OCH3 is 1. The molecule has 146 valence electrons. The first kappa shape index (κ1) is 20.6. The molecule has 0 bridgehead atoms. The van der Waals surface area contributed by atoms with Crippen LogP contribution in [0.25, 0.3) is 0 Å². The number of aromatic amines is 1. The Morgan fingerprint density at radius 3 is 2.57 bits per heavy atom. The van der Waals surface area contributed by atoms with Crippen LogP contribution in [0.5, 0.6) is 0 Å². The van der Waals surface area contributed by atoms with Crippen LogP contribution in [0.2, 0.25) is 0 Å². The van der Waals surface area contributed by atoms with E-state index < -0.39 is 29.4 Å². The summed E-state index contributed by atoms with van der Waals surface area (Å²) >= 11 is 0. The topological polar surface area (TPSA) is 117 Å². The first-order valence-electron chi connectivity index (χ1n) is 8.60. The Hall–Kier alpha value is -3.68. The lowest BCUT2D eigenvalue weighted by molar-refractivity contribution is -0.134. The maximum Gasteiger partial charge on any atom is 0.330 e. The molecule has 3 N–H and O–H groups in total. The van der Waals surface area contributed by atoms with Gasteiger partial charge in [-0.15, -0.1) is 0 Å². The van der Waals surface area contributed by atoms with Crippen molar-refractivity contribution in [2.24, 2.45) is 0 Å². The first-order chi connectivity index (χ1) is 13.5. The van der Waals surface area contributed by atoms with Gasteiger partial charge in [0.2, 0.25) is 5.91 Å². The lowest BCUT2D eigenvalue weighted by Gasteiger charge is -2.17. The smallest absolute Gasteiger partial charge is 0.330 e. The Kier molecular flexibility index (Phi) is 7.71. The summed E-state index contributed by atoms with van der Waals surface area (Å²) in [6.45, 7) is 0. The second kappa shape index (κ2) is 10.5. The van der Waals surface area contributed by atoms with Gasteiger partial charge in [0.05, 0.1) is 7.11 Å². The van der Waals surface area contributed by atoms with Crippen LogP contribution >= 0.6 is 0 Å². The number of anilines is 1. The summed E-state index contributed by atoms with van der Waals surface area (Å²) in [6, 6.07) is 10.6. The van der Waals surface area contributed by atoms with Crippen molar-refractivity contribution in [2.45, 2.75) is 18.9 Å². The summed E-state index contributed by atoms with van der Waals surface area (Å²) in [4.78, 5) is 50.4. The molecule has 8 heteroatoms. The summed E-state index contributed by atoms with van der Waals surface area (Å²) in [6.07, 6.45) is 4.81. The number of benzene rings is 1. The van der Waals surface area contributed by atoms with Crippen molar-refractivity contribution in [1.82, 2.24) is 10.3 Å². The molecule has 8 nitrogen and oxygen atoms in total. The van der Waals surface area contributed by atoms with Crippen molar-refractivity contribution in [2.75, 3.05) is 12.4 Å². The second-order valence-corrected chi connectivity index (χ2v) is 5.80. The van der Waals surface area contributed by atoms with E-state index >= 15 is 0 Å². The van der Waals surface area contributed by atoms with Gasteiger partial charge in [-0.1, -0.05) is 24.3 Å². The Bertz CT molecular complexity index is 905. The van der Waals surface area contributed by atoms with E-state index in [0.29, 0.717) is 12.0 Å². The summed E-state index contributed by atoms with van der Waals surface area (Å²) in [7, 11) is 1.26. The van der Waals surface area contributed by atoms with E-state index in [1.165, 1.54) is 25.4 Å². The summed E-state index contributed by atoms with van der Waals surface area (Å²) in [5, 5.41) is 5.18. The zero-order chi connectivity index (χ0) is 20.4. The van der Waals surface area contributed by atoms with Crippen LogP contribution in [-0.4, -0.2) is 35.9 Å². The van der Waals surface area contributed by atoms with E-state index in [1.54, 1.807) is 42.5 Å². The molecule has 0 fully saturated rings. The van der Waals surface area contributed by atoms with Gasteiger partial charge in [0.15, 0.2) is 0 Å². The predicted molar refractivity (Wildman–Crippen MR) is 104 cm³/mol. The number of hydrogen-bond donors (Lipinski definition) is 3. The van der Waals surface area contributed by atoms with Crippen LogP contribution in [0.4, 0.5) is 5.69 Å². The van der Waals surface area contributed by atoms with Crippen LogP contribution < -0.4 is 16.2 Å². The van der Waals surface area contributed by atoms with Gasteiger partial charge in [-0.2, -0.15) is 0 Å². The van der Waals surface area contributed by atoms with Crippen molar-refractivity contribution in [3.05, 3.63) is 76.7 Å². The molecule has 0 aliphatic heterocycles. The quantitative estimate of drug-likeness (QED) is 0.473. The first-order valence-corrected chi connectivity index (χ1v) is 8.60. The molecular weight excluding hydrogens is 362 g/mol. The van der Waals surface area contributed by atoms with E-state index in [9.17, 15) is 19.2 Å². The van der Waals surface area contributed by atoms with Crippen molar-refractivity contribution in [3.8, 4) is 0 Å². The molecule has 1 aromatic carbocycles. The Morgan fingerprint density at radius 1 is 1.14 bits per heavy atom. The molecule has 0 radical (unpaired) electrons. The molecule has 0 aliphatic rings. The highest BCUT2D eigenvalue weighted by Gasteiger charge is 2.21. The molecule has 1 heterocycles. The number of amides is 2. The fourth-order valence-electron chi connectivity index (χ4n) is 2.35. The van der Waals surface area contributed by atoms with Crippen molar-refractivity contribution < 1.29 is 19.1 Å². The van der Waals surface area contributed by atoms with E-state index in [4.69, 9.17) is 0 Å². The Balaban J connectivity index is 2.10. The maximum absolute atomic E-state index is 12.6. The van der Waals surface area contributed by atoms with Gasteiger partial charge in [-0.3, -0.25) is 14.4 Å². The average molecular weight is 383 g/mol. The monoisotopic (exact) mass is 383 g/mol. The zero-order valence-electron chi connectivity index (χ0n) is 15.3. The van der Waals surface area contributed by atoms with E-state index in [1.807, 2.05) is 0 Å². The van der Waals surface area contributed by atoms with Gasteiger partial charge in [0.1, 0.15) is 11.7 Å². The number of pyridine rings is 1. The minimum absolute atomic E-state index is 0.0802. The standard InChI is InChI=1S/C20H21N3O5/c1-28-17(24)12-6-5-10-16(22-18(25)14-8-3-2-4-9-14)20(27)23-15-11-7-13-21-19(15)26/h2-4,6-9,11-13,16H,5,10H2,1H3,(H,21,26)(H,22,25)(H,23,27)/b12-6+/t16-/m0/s1. The number of rotatable bonds is 8. The van der Waals surface area contributed by atoms with Crippen molar-refractivity contribution in [1.29, 1.82) is 0 Å². The summed E-state index contributed by atoms with van der Waals surface area (Å²) in [5.74, 6) is -1.46. The van der Waals surface area contributed by atoms with Gasteiger partial charge < -0.3 is 20.4 Å². The Morgan fingerprint density at radius 2 is 1.89 bits per heavy atom. The lowest BCUT2D eigenvalue weighted by Crippen LogP contribution is -2.44. The van der Waals surface area contributed by atoms with Gasteiger partial charge in [0, 0.05) is 17.8 Å². The highest BCUT2D eigenvalue weighted by molar-refractivity contribution is 6.01.